The first kappa shape index (κ1) is 9.77. The number of nitrogens with one attached hydrogen (secondary N) is 1. The Morgan fingerprint density at radius 2 is 2.06 bits per heavy atom. The highest BCUT2D eigenvalue weighted by molar-refractivity contribution is 5.77. The average Bonchev–Trinajstić information content (AvgIpc) is 2.72. The number of fused-ring (bicyclic) bond motifs is 1. The molecule has 0 amide bonds. The van der Waals surface area contributed by atoms with Crippen LogP contribution in [-0.2, 0) is 0 Å². The Morgan fingerprint density at radius 1 is 1.18 bits per heavy atom. The summed E-state index contributed by atoms with van der Waals surface area (Å²) in [4.78, 5) is 15.9. The molecule has 3 aromatic heterocycles. The third-order valence-electron chi connectivity index (χ3n) is 2.54. The van der Waals surface area contributed by atoms with Crippen molar-refractivity contribution >= 4 is 17.0 Å². The average molecular weight is 225 g/mol. The van der Waals surface area contributed by atoms with Gasteiger partial charge in [0.1, 0.15) is 11.6 Å². The van der Waals surface area contributed by atoms with E-state index in [-0.39, 0.29) is 0 Å². The number of aromatic amines is 1. The van der Waals surface area contributed by atoms with E-state index in [0.29, 0.717) is 11.5 Å². The van der Waals surface area contributed by atoms with Crippen molar-refractivity contribution in [1.29, 1.82) is 0 Å². The summed E-state index contributed by atoms with van der Waals surface area (Å²) in [6.07, 6.45) is 1.76. The Balaban J connectivity index is 2.18. The fourth-order valence-electron chi connectivity index (χ4n) is 1.74. The lowest BCUT2D eigenvalue weighted by Crippen LogP contribution is -1.88. The van der Waals surface area contributed by atoms with E-state index in [1.54, 1.807) is 12.3 Å². The van der Waals surface area contributed by atoms with Gasteiger partial charge in [-0.3, -0.25) is 4.98 Å². The second kappa shape index (κ2) is 3.55. The van der Waals surface area contributed by atoms with Gasteiger partial charge in [0.05, 0.1) is 5.52 Å². The highest BCUT2D eigenvalue weighted by atomic mass is 15.0. The van der Waals surface area contributed by atoms with E-state index in [2.05, 4.69) is 19.9 Å². The maximum atomic E-state index is 5.62. The highest BCUT2D eigenvalue weighted by Crippen LogP contribution is 2.19. The molecule has 0 aliphatic rings. The monoisotopic (exact) mass is 225 g/mol. The quantitative estimate of drug-likeness (QED) is 0.663. The zero-order chi connectivity index (χ0) is 11.8. The first-order valence-electron chi connectivity index (χ1n) is 5.27. The Kier molecular flexibility index (Phi) is 2.04. The highest BCUT2D eigenvalue weighted by Gasteiger charge is 2.06. The van der Waals surface area contributed by atoms with Crippen molar-refractivity contribution in [2.45, 2.75) is 6.92 Å². The predicted molar refractivity (Wildman–Crippen MR) is 66.3 cm³/mol. The molecule has 3 N–H and O–H groups in total. The normalized spacial score (nSPS) is 10.9. The smallest absolute Gasteiger partial charge is 0.180 e. The second-order valence-electron chi connectivity index (χ2n) is 3.88. The van der Waals surface area contributed by atoms with Crippen molar-refractivity contribution < 1.29 is 0 Å². The number of imidazole rings is 1. The zero-order valence-electron chi connectivity index (χ0n) is 9.31. The van der Waals surface area contributed by atoms with Gasteiger partial charge in [0, 0.05) is 17.5 Å². The van der Waals surface area contributed by atoms with Crippen LogP contribution in [-0.4, -0.2) is 19.9 Å². The molecule has 5 heteroatoms. The van der Waals surface area contributed by atoms with Gasteiger partial charge < -0.3 is 10.7 Å². The van der Waals surface area contributed by atoms with Gasteiger partial charge in [-0.25, -0.2) is 9.97 Å². The maximum absolute atomic E-state index is 5.62. The van der Waals surface area contributed by atoms with Crippen LogP contribution in [0.1, 0.15) is 5.69 Å². The zero-order valence-corrected chi connectivity index (χ0v) is 9.31. The molecule has 0 aliphatic carbocycles. The van der Waals surface area contributed by atoms with Gasteiger partial charge in [0.15, 0.2) is 5.65 Å². The van der Waals surface area contributed by atoms with Gasteiger partial charge in [0.25, 0.3) is 0 Å². The lowest BCUT2D eigenvalue weighted by Gasteiger charge is -1.96. The molecule has 0 bridgehead atoms. The summed E-state index contributed by atoms with van der Waals surface area (Å²) in [7, 11) is 0. The molecule has 0 radical (unpaired) electrons. The molecular weight excluding hydrogens is 214 g/mol. The minimum atomic E-state index is 0.474. The van der Waals surface area contributed by atoms with Crippen LogP contribution in [0.5, 0.6) is 0 Å². The van der Waals surface area contributed by atoms with Crippen molar-refractivity contribution in [2.24, 2.45) is 0 Å². The minimum absolute atomic E-state index is 0.474. The van der Waals surface area contributed by atoms with Crippen molar-refractivity contribution in [1.82, 2.24) is 19.9 Å². The van der Waals surface area contributed by atoms with Crippen LogP contribution < -0.4 is 5.73 Å². The van der Waals surface area contributed by atoms with Gasteiger partial charge in [-0.15, -0.1) is 0 Å². The van der Waals surface area contributed by atoms with Crippen LogP contribution in [0, 0.1) is 6.92 Å². The summed E-state index contributed by atoms with van der Waals surface area (Å²) in [5, 5.41) is 0. The molecule has 3 heterocycles. The van der Waals surface area contributed by atoms with E-state index < -0.39 is 0 Å². The fraction of sp³-hybridized carbons (Fsp3) is 0.0833. The SMILES string of the molecule is Cc1cc(-c2nc3nc(N)ccc3[nH]2)ccn1. The molecule has 0 aliphatic heterocycles. The van der Waals surface area contributed by atoms with Crippen LogP contribution in [0.25, 0.3) is 22.6 Å². The summed E-state index contributed by atoms with van der Waals surface area (Å²) in [6.45, 7) is 1.95. The molecule has 0 saturated carbocycles. The molecule has 3 rings (SSSR count). The van der Waals surface area contributed by atoms with Crippen LogP contribution in [0.15, 0.2) is 30.5 Å². The number of pyridine rings is 2. The number of aromatic nitrogens is 4. The Bertz CT molecular complexity index is 686. The fourth-order valence-corrected chi connectivity index (χ4v) is 1.74. The number of hydrogen-bond acceptors (Lipinski definition) is 4. The Hall–Kier alpha value is -2.43. The summed E-state index contributed by atoms with van der Waals surface area (Å²) in [5.74, 6) is 1.25. The molecule has 17 heavy (non-hydrogen) atoms. The molecular formula is C12H11N5. The summed E-state index contributed by atoms with van der Waals surface area (Å²) in [6, 6.07) is 7.51. The number of hydrogen-bond donors (Lipinski definition) is 2. The molecule has 84 valence electrons. The number of anilines is 1. The van der Waals surface area contributed by atoms with Crippen molar-refractivity contribution in [3.8, 4) is 11.4 Å². The van der Waals surface area contributed by atoms with E-state index in [4.69, 9.17) is 5.73 Å². The maximum Gasteiger partial charge on any atom is 0.180 e. The van der Waals surface area contributed by atoms with Crippen molar-refractivity contribution in [3.63, 3.8) is 0 Å². The van der Waals surface area contributed by atoms with Gasteiger partial charge >= 0.3 is 0 Å². The first-order chi connectivity index (χ1) is 8.22. The van der Waals surface area contributed by atoms with Gasteiger partial charge in [-0.05, 0) is 31.2 Å². The number of H-pyrrole nitrogens is 1. The number of rotatable bonds is 1. The van der Waals surface area contributed by atoms with Crippen LogP contribution >= 0.6 is 0 Å². The molecule has 0 aromatic carbocycles. The van der Waals surface area contributed by atoms with Crippen molar-refractivity contribution in [3.05, 3.63) is 36.2 Å². The van der Waals surface area contributed by atoms with Gasteiger partial charge in [0.2, 0.25) is 0 Å². The Labute approximate surface area is 97.7 Å². The van der Waals surface area contributed by atoms with Gasteiger partial charge in [-0.1, -0.05) is 0 Å². The molecule has 0 spiro atoms. The minimum Gasteiger partial charge on any atom is -0.384 e. The molecule has 3 aromatic rings. The largest absolute Gasteiger partial charge is 0.384 e. The van der Waals surface area contributed by atoms with Gasteiger partial charge in [-0.2, -0.15) is 0 Å². The lowest BCUT2D eigenvalue weighted by molar-refractivity contribution is 1.19. The summed E-state index contributed by atoms with van der Waals surface area (Å²) in [5.41, 5.74) is 9.08. The number of nitrogen functional groups attached to an aromatic ring is 1. The van der Waals surface area contributed by atoms with Crippen LogP contribution in [0.2, 0.25) is 0 Å². The third kappa shape index (κ3) is 1.71. The standard InChI is InChI=1S/C12H11N5/c1-7-6-8(4-5-14-7)11-15-9-2-3-10(13)16-12(9)17-11/h2-6H,1H3,(H3,13,15,16,17). The third-order valence-corrected chi connectivity index (χ3v) is 2.54. The first-order valence-corrected chi connectivity index (χ1v) is 5.27. The van der Waals surface area contributed by atoms with E-state index >= 15 is 0 Å². The van der Waals surface area contributed by atoms with Crippen LogP contribution in [0.3, 0.4) is 0 Å². The lowest BCUT2D eigenvalue weighted by atomic mass is 10.2. The molecule has 5 nitrogen and oxygen atoms in total. The van der Waals surface area contributed by atoms with E-state index in [1.807, 2.05) is 25.1 Å². The van der Waals surface area contributed by atoms with E-state index in [0.717, 1.165) is 22.6 Å². The van der Waals surface area contributed by atoms with E-state index in [1.165, 1.54) is 0 Å². The predicted octanol–water partition coefficient (Wildman–Crippen LogP) is 1.91. The molecule has 0 unspecified atom stereocenters. The van der Waals surface area contributed by atoms with Crippen LogP contribution in [0.4, 0.5) is 5.82 Å². The summed E-state index contributed by atoms with van der Waals surface area (Å²) >= 11 is 0. The molecule has 0 saturated heterocycles. The number of nitrogens with zero attached hydrogens (tertiary/aromatic N) is 3. The topological polar surface area (TPSA) is 80.5 Å². The van der Waals surface area contributed by atoms with E-state index in [9.17, 15) is 0 Å². The molecule has 0 fully saturated rings. The summed E-state index contributed by atoms with van der Waals surface area (Å²) < 4.78 is 0. The second-order valence-corrected chi connectivity index (χ2v) is 3.88. The Morgan fingerprint density at radius 3 is 2.88 bits per heavy atom. The molecule has 0 atom stereocenters. The van der Waals surface area contributed by atoms with Crippen molar-refractivity contribution in [2.75, 3.05) is 5.73 Å². The number of aryl methyl sites for hydroxylation is 1. The number of nitrogens with two attached hydrogens (primary N) is 1.